The lowest BCUT2D eigenvalue weighted by molar-refractivity contribution is -0.124. The van der Waals surface area contributed by atoms with Crippen molar-refractivity contribution in [2.45, 2.75) is 37.8 Å². The first kappa shape index (κ1) is 12.9. The number of aromatic nitrogens is 1. The van der Waals surface area contributed by atoms with Crippen molar-refractivity contribution in [1.82, 2.24) is 10.3 Å². The maximum absolute atomic E-state index is 12.0. The molecule has 2 N–H and O–H groups in total. The Morgan fingerprint density at radius 2 is 2.37 bits per heavy atom. The first-order chi connectivity index (χ1) is 9.22. The van der Waals surface area contributed by atoms with Crippen LogP contribution < -0.4 is 15.4 Å². The van der Waals surface area contributed by atoms with Gasteiger partial charge in [-0.3, -0.25) is 4.79 Å². The third kappa shape index (κ3) is 2.90. The number of piperidine rings is 1. The zero-order valence-corrected chi connectivity index (χ0v) is 12.1. The zero-order chi connectivity index (χ0) is 13.2. The molecule has 2 unspecified atom stereocenters. The van der Waals surface area contributed by atoms with Gasteiger partial charge in [-0.1, -0.05) is 6.42 Å². The molecular formula is C13H16BrN3O2. The van der Waals surface area contributed by atoms with E-state index in [0.29, 0.717) is 24.0 Å². The molecule has 0 aliphatic carbocycles. The number of nitrogens with one attached hydrogen (secondary N) is 2. The van der Waals surface area contributed by atoms with E-state index >= 15 is 0 Å². The Morgan fingerprint density at radius 3 is 3.16 bits per heavy atom. The topological polar surface area (TPSA) is 63.2 Å². The molecule has 0 spiro atoms. The molecule has 0 aromatic carbocycles. The van der Waals surface area contributed by atoms with E-state index in [2.05, 4.69) is 31.5 Å². The second-order valence-electron chi connectivity index (χ2n) is 4.98. The summed E-state index contributed by atoms with van der Waals surface area (Å²) in [7, 11) is 0. The highest BCUT2D eigenvalue weighted by atomic mass is 79.9. The van der Waals surface area contributed by atoms with Crippen LogP contribution in [0.5, 0.6) is 5.75 Å². The quantitative estimate of drug-likeness (QED) is 0.873. The smallest absolute Gasteiger partial charge is 0.266 e. The lowest BCUT2D eigenvalue weighted by Gasteiger charge is -2.30. The number of ether oxygens (including phenoxy) is 1. The Labute approximate surface area is 120 Å². The van der Waals surface area contributed by atoms with Gasteiger partial charge in [0.15, 0.2) is 17.7 Å². The summed E-state index contributed by atoms with van der Waals surface area (Å²) in [6.07, 6.45) is 5.46. The van der Waals surface area contributed by atoms with Gasteiger partial charge in [-0.25, -0.2) is 4.98 Å². The maximum atomic E-state index is 12.0. The average molecular weight is 326 g/mol. The lowest BCUT2D eigenvalue weighted by atomic mass is 9.98. The van der Waals surface area contributed by atoms with Gasteiger partial charge in [0.25, 0.3) is 5.91 Å². The van der Waals surface area contributed by atoms with Crippen LogP contribution in [0.4, 0.5) is 5.82 Å². The van der Waals surface area contributed by atoms with Crippen molar-refractivity contribution >= 4 is 27.7 Å². The number of nitrogens with zero attached hydrogens (tertiary/aromatic N) is 1. The SMILES string of the molecule is O=C1Nc2ncc(Br)cc2OC1CC1CCCCN1. The van der Waals surface area contributed by atoms with Gasteiger partial charge in [0, 0.05) is 23.1 Å². The molecule has 2 aliphatic heterocycles. The molecule has 19 heavy (non-hydrogen) atoms. The summed E-state index contributed by atoms with van der Waals surface area (Å²) in [6.45, 7) is 1.03. The van der Waals surface area contributed by atoms with Crippen molar-refractivity contribution in [3.8, 4) is 5.75 Å². The van der Waals surface area contributed by atoms with E-state index in [4.69, 9.17) is 4.74 Å². The summed E-state index contributed by atoms with van der Waals surface area (Å²) in [4.78, 5) is 16.1. The van der Waals surface area contributed by atoms with Crippen molar-refractivity contribution < 1.29 is 9.53 Å². The Kier molecular flexibility index (Phi) is 3.70. The summed E-state index contributed by atoms with van der Waals surface area (Å²) >= 11 is 3.36. The number of halogens is 1. The number of anilines is 1. The van der Waals surface area contributed by atoms with Gasteiger partial charge < -0.3 is 15.4 Å². The average Bonchev–Trinajstić information content (AvgIpc) is 2.41. The van der Waals surface area contributed by atoms with E-state index in [-0.39, 0.29) is 5.91 Å². The summed E-state index contributed by atoms with van der Waals surface area (Å²) in [6, 6.07) is 2.20. The molecule has 2 atom stereocenters. The fourth-order valence-corrected chi connectivity index (χ4v) is 2.86. The van der Waals surface area contributed by atoms with Gasteiger partial charge in [0.1, 0.15) is 0 Å². The minimum Gasteiger partial charge on any atom is -0.477 e. The van der Waals surface area contributed by atoms with E-state index < -0.39 is 6.10 Å². The number of hydrogen-bond acceptors (Lipinski definition) is 4. The number of carbonyl (C=O) groups excluding carboxylic acids is 1. The molecule has 1 amide bonds. The second kappa shape index (κ2) is 5.46. The van der Waals surface area contributed by atoms with Crippen molar-refractivity contribution in [3.05, 3.63) is 16.7 Å². The van der Waals surface area contributed by atoms with Crippen LogP contribution in [0.3, 0.4) is 0 Å². The highest BCUT2D eigenvalue weighted by Gasteiger charge is 2.31. The summed E-state index contributed by atoms with van der Waals surface area (Å²) < 4.78 is 6.63. The summed E-state index contributed by atoms with van der Waals surface area (Å²) in [5, 5.41) is 6.24. The van der Waals surface area contributed by atoms with Crippen LogP contribution in [-0.2, 0) is 4.79 Å². The van der Waals surface area contributed by atoms with Crippen molar-refractivity contribution in [1.29, 1.82) is 0 Å². The predicted molar refractivity (Wildman–Crippen MR) is 75.2 cm³/mol. The van der Waals surface area contributed by atoms with E-state index in [0.717, 1.165) is 17.4 Å². The zero-order valence-electron chi connectivity index (χ0n) is 10.5. The van der Waals surface area contributed by atoms with Crippen LogP contribution in [0.25, 0.3) is 0 Å². The molecule has 1 fully saturated rings. The van der Waals surface area contributed by atoms with Gasteiger partial charge in [0.05, 0.1) is 0 Å². The Balaban J connectivity index is 1.71. The molecule has 3 rings (SSSR count). The lowest BCUT2D eigenvalue weighted by Crippen LogP contribution is -2.44. The molecule has 2 aliphatic rings. The third-order valence-electron chi connectivity index (χ3n) is 3.53. The number of hydrogen-bond donors (Lipinski definition) is 2. The molecule has 0 radical (unpaired) electrons. The molecule has 1 aromatic rings. The highest BCUT2D eigenvalue weighted by molar-refractivity contribution is 9.10. The Morgan fingerprint density at radius 1 is 1.47 bits per heavy atom. The Bertz CT molecular complexity index is 489. The normalized spacial score (nSPS) is 26.3. The van der Waals surface area contributed by atoms with E-state index in [9.17, 15) is 4.79 Å². The van der Waals surface area contributed by atoms with Gasteiger partial charge in [0.2, 0.25) is 0 Å². The standard InChI is InChI=1S/C13H16BrN3O2/c14-8-5-10-12(16-7-8)17-13(18)11(19-10)6-9-3-1-2-4-15-9/h5,7,9,11,15H,1-4,6H2,(H,16,17,18). The highest BCUT2D eigenvalue weighted by Crippen LogP contribution is 2.31. The second-order valence-corrected chi connectivity index (χ2v) is 5.89. The van der Waals surface area contributed by atoms with Crippen molar-refractivity contribution in [2.24, 2.45) is 0 Å². The number of pyridine rings is 1. The number of fused-ring (bicyclic) bond motifs is 1. The predicted octanol–water partition coefficient (Wildman–Crippen LogP) is 2.08. The summed E-state index contributed by atoms with van der Waals surface area (Å²) in [5.74, 6) is 1.03. The minimum atomic E-state index is -0.431. The largest absolute Gasteiger partial charge is 0.477 e. The molecule has 3 heterocycles. The fourth-order valence-electron chi connectivity index (χ4n) is 2.55. The van der Waals surface area contributed by atoms with Gasteiger partial charge >= 0.3 is 0 Å². The molecule has 6 heteroatoms. The molecule has 1 saturated heterocycles. The molecule has 1 aromatic heterocycles. The molecular weight excluding hydrogens is 310 g/mol. The maximum Gasteiger partial charge on any atom is 0.266 e. The van der Waals surface area contributed by atoms with Crippen LogP contribution in [-0.4, -0.2) is 29.6 Å². The third-order valence-corrected chi connectivity index (χ3v) is 3.97. The van der Waals surface area contributed by atoms with E-state index in [1.54, 1.807) is 6.20 Å². The van der Waals surface area contributed by atoms with Gasteiger partial charge in [-0.2, -0.15) is 0 Å². The first-order valence-corrected chi connectivity index (χ1v) is 7.38. The van der Waals surface area contributed by atoms with Crippen molar-refractivity contribution in [2.75, 3.05) is 11.9 Å². The number of carbonyl (C=O) groups is 1. The molecule has 102 valence electrons. The van der Waals surface area contributed by atoms with Gasteiger partial charge in [-0.05, 0) is 41.4 Å². The van der Waals surface area contributed by atoms with Crippen LogP contribution in [0, 0.1) is 0 Å². The van der Waals surface area contributed by atoms with Crippen LogP contribution in [0.2, 0.25) is 0 Å². The molecule has 0 bridgehead atoms. The number of rotatable bonds is 2. The molecule has 0 saturated carbocycles. The summed E-state index contributed by atoms with van der Waals surface area (Å²) in [5.41, 5.74) is 0. The van der Waals surface area contributed by atoms with E-state index in [1.165, 1.54) is 12.8 Å². The van der Waals surface area contributed by atoms with Crippen LogP contribution in [0.15, 0.2) is 16.7 Å². The first-order valence-electron chi connectivity index (χ1n) is 6.59. The minimum absolute atomic E-state index is 0.102. The van der Waals surface area contributed by atoms with Gasteiger partial charge in [-0.15, -0.1) is 0 Å². The van der Waals surface area contributed by atoms with E-state index in [1.807, 2.05) is 6.07 Å². The number of amides is 1. The Hall–Kier alpha value is -1.14. The monoisotopic (exact) mass is 325 g/mol. The van der Waals surface area contributed by atoms with Crippen LogP contribution >= 0.6 is 15.9 Å². The van der Waals surface area contributed by atoms with Crippen LogP contribution in [0.1, 0.15) is 25.7 Å². The van der Waals surface area contributed by atoms with Crippen molar-refractivity contribution in [3.63, 3.8) is 0 Å². The fraction of sp³-hybridized carbons (Fsp3) is 0.538. The molecule has 5 nitrogen and oxygen atoms in total.